The molecule has 104 valence electrons. The van der Waals surface area contributed by atoms with Crippen LogP contribution in [0.4, 0.5) is 20.2 Å². The van der Waals surface area contributed by atoms with Crippen LogP contribution in [-0.4, -0.2) is 22.5 Å². The van der Waals surface area contributed by atoms with E-state index in [4.69, 9.17) is 5.11 Å². The van der Waals surface area contributed by atoms with Gasteiger partial charge in [-0.05, 0) is 12.8 Å². The van der Waals surface area contributed by atoms with Gasteiger partial charge in [0.25, 0.3) is 0 Å². The zero-order chi connectivity index (χ0) is 14.4. The molecule has 0 unspecified atom stereocenters. The minimum Gasteiger partial charge on any atom is -0.481 e. The van der Waals surface area contributed by atoms with Crippen molar-refractivity contribution in [2.24, 2.45) is 0 Å². The van der Waals surface area contributed by atoms with Crippen LogP contribution in [0.1, 0.15) is 19.3 Å². The fraction of sp³-hybridized carbons (Fsp3) is 0.364. The van der Waals surface area contributed by atoms with Gasteiger partial charge >= 0.3 is 11.7 Å². The van der Waals surface area contributed by atoms with Crippen LogP contribution in [0.15, 0.2) is 12.1 Å². The molecular formula is C11H12F2N2O4. The van der Waals surface area contributed by atoms with Crippen LogP contribution >= 0.6 is 0 Å². The van der Waals surface area contributed by atoms with Crippen LogP contribution in [0.25, 0.3) is 0 Å². The molecule has 1 aromatic carbocycles. The van der Waals surface area contributed by atoms with Gasteiger partial charge in [0, 0.05) is 25.1 Å². The molecule has 1 rings (SSSR count). The molecule has 1 aromatic rings. The maximum atomic E-state index is 13.2. The number of nitro groups is 1. The summed E-state index contributed by atoms with van der Waals surface area (Å²) >= 11 is 0. The Kier molecular flexibility index (Phi) is 5.16. The zero-order valence-corrected chi connectivity index (χ0v) is 9.86. The second-order valence-electron chi connectivity index (χ2n) is 3.82. The Morgan fingerprint density at radius 1 is 1.37 bits per heavy atom. The van der Waals surface area contributed by atoms with Crippen LogP contribution in [0.3, 0.4) is 0 Å². The van der Waals surface area contributed by atoms with E-state index in [0.717, 1.165) is 6.07 Å². The van der Waals surface area contributed by atoms with E-state index in [9.17, 15) is 23.7 Å². The highest BCUT2D eigenvalue weighted by molar-refractivity contribution is 5.66. The first-order valence-corrected chi connectivity index (χ1v) is 5.51. The molecule has 0 saturated heterocycles. The summed E-state index contributed by atoms with van der Waals surface area (Å²) in [6.45, 7) is 0.191. The molecule has 19 heavy (non-hydrogen) atoms. The summed E-state index contributed by atoms with van der Waals surface area (Å²) < 4.78 is 26.2. The van der Waals surface area contributed by atoms with Crippen LogP contribution < -0.4 is 5.32 Å². The predicted octanol–water partition coefficient (Wildman–Crippen LogP) is 2.54. The smallest absolute Gasteiger partial charge is 0.327 e. The highest BCUT2D eigenvalue weighted by Gasteiger charge is 2.21. The maximum Gasteiger partial charge on any atom is 0.327 e. The summed E-state index contributed by atoms with van der Waals surface area (Å²) in [5.41, 5.74) is -1.07. The Hall–Kier alpha value is -2.25. The van der Waals surface area contributed by atoms with Crippen molar-refractivity contribution in [3.05, 3.63) is 33.9 Å². The number of halogens is 2. The van der Waals surface area contributed by atoms with E-state index in [1.807, 2.05) is 0 Å². The molecule has 0 fully saturated rings. The largest absolute Gasteiger partial charge is 0.481 e. The van der Waals surface area contributed by atoms with Crippen molar-refractivity contribution in [3.8, 4) is 0 Å². The third kappa shape index (κ3) is 4.49. The fourth-order valence-electron chi connectivity index (χ4n) is 1.51. The molecule has 0 bridgehead atoms. The number of hydrogen-bond acceptors (Lipinski definition) is 4. The summed E-state index contributed by atoms with van der Waals surface area (Å²) in [5.74, 6) is -3.11. The summed E-state index contributed by atoms with van der Waals surface area (Å²) in [4.78, 5) is 20.0. The van der Waals surface area contributed by atoms with Gasteiger partial charge in [-0.1, -0.05) is 0 Å². The number of hydrogen-bond donors (Lipinski definition) is 2. The van der Waals surface area contributed by atoms with Gasteiger partial charge in [0.1, 0.15) is 11.5 Å². The zero-order valence-electron chi connectivity index (χ0n) is 9.86. The van der Waals surface area contributed by atoms with Crippen molar-refractivity contribution in [2.45, 2.75) is 19.3 Å². The van der Waals surface area contributed by atoms with Gasteiger partial charge in [-0.15, -0.1) is 0 Å². The molecule has 8 heteroatoms. The topological polar surface area (TPSA) is 92.5 Å². The standard InChI is InChI=1S/C11H12F2N2O4/c12-7-5-8(13)11(15(18)19)9(6-7)14-4-2-1-3-10(16)17/h5-6,14H,1-4H2,(H,16,17). The highest BCUT2D eigenvalue weighted by atomic mass is 19.1. The lowest BCUT2D eigenvalue weighted by molar-refractivity contribution is -0.386. The normalized spacial score (nSPS) is 10.2. The Morgan fingerprint density at radius 2 is 2.05 bits per heavy atom. The second kappa shape index (κ2) is 6.62. The number of rotatable bonds is 7. The lowest BCUT2D eigenvalue weighted by Gasteiger charge is -2.07. The number of anilines is 1. The number of benzene rings is 1. The number of nitro benzene ring substituents is 1. The number of carbonyl (C=O) groups is 1. The van der Waals surface area contributed by atoms with E-state index >= 15 is 0 Å². The van der Waals surface area contributed by atoms with Crippen LogP contribution in [0.5, 0.6) is 0 Å². The average Bonchev–Trinajstić information content (AvgIpc) is 2.26. The molecular weight excluding hydrogens is 262 g/mol. The Balaban J connectivity index is 2.67. The Bertz CT molecular complexity index is 494. The van der Waals surface area contributed by atoms with Crippen LogP contribution in [-0.2, 0) is 4.79 Å². The third-order valence-electron chi connectivity index (χ3n) is 2.34. The van der Waals surface area contributed by atoms with Crippen molar-refractivity contribution in [1.82, 2.24) is 0 Å². The van der Waals surface area contributed by atoms with Crippen molar-refractivity contribution >= 4 is 17.3 Å². The number of nitrogens with zero attached hydrogens (tertiary/aromatic N) is 1. The van der Waals surface area contributed by atoms with Gasteiger partial charge in [0.2, 0.25) is 5.82 Å². The van der Waals surface area contributed by atoms with Gasteiger partial charge in [0.15, 0.2) is 0 Å². The molecule has 0 aliphatic carbocycles. The lowest BCUT2D eigenvalue weighted by atomic mass is 10.2. The van der Waals surface area contributed by atoms with E-state index in [-0.39, 0.29) is 18.7 Å². The molecule has 2 N–H and O–H groups in total. The fourth-order valence-corrected chi connectivity index (χ4v) is 1.51. The van der Waals surface area contributed by atoms with Crippen molar-refractivity contribution in [1.29, 1.82) is 0 Å². The van der Waals surface area contributed by atoms with Crippen LogP contribution in [0, 0.1) is 21.7 Å². The van der Waals surface area contributed by atoms with Gasteiger partial charge in [-0.25, -0.2) is 4.39 Å². The first-order chi connectivity index (χ1) is 8.91. The molecule has 0 aromatic heterocycles. The number of nitrogens with one attached hydrogen (secondary N) is 1. The SMILES string of the molecule is O=C(O)CCCCNc1cc(F)cc(F)c1[N+](=O)[O-]. The van der Waals surface area contributed by atoms with Crippen molar-refractivity contribution in [3.63, 3.8) is 0 Å². The first-order valence-electron chi connectivity index (χ1n) is 5.51. The average molecular weight is 274 g/mol. The van der Waals surface area contributed by atoms with Gasteiger partial charge in [-0.3, -0.25) is 14.9 Å². The van der Waals surface area contributed by atoms with Gasteiger partial charge < -0.3 is 10.4 Å². The molecule has 0 saturated carbocycles. The maximum absolute atomic E-state index is 13.2. The first kappa shape index (κ1) is 14.8. The summed E-state index contributed by atoms with van der Waals surface area (Å²) in [5, 5.41) is 21.6. The van der Waals surface area contributed by atoms with E-state index < -0.39 is 28.2 Å². The molecule has 6 nitrogen and oxygen atoms in total. The van der Waals surface area contributed by atoms with Crippen LogP contribution in [0.2, 0.25) is 0 Å². The van der Waals surface area contributed by atoms with E-state index in [1.54, 1.807) is 0 Å². The van der Waals surface area contributed by atoms with Crippen molar-refractivity contribution in [2.75, 3.05) is 11.9 Å². The molecule has 0 heterocycles. The Labute approximate surface area is 107 Å². The quantitative estimate of drug-likeness (QED) is 0.453. The summed E-state index contributed by atoms with van der Waals surface area (Å²) in [6, 6.07) is 1.27. The van der Waals surface area contributed by atoms with Gasteiger partial charge in [0.05, 0.1) is 4.92 Å². The molecule has 0 aliphatic rings. The Morgan fingerprint density at radius 3 is 2.63 bits per heavy atom. The van der Waals surface area contributed by atoms with Crippen molar-refractivity contribution < 1.29 is 23.6 Å². The number of carboxylic acids is 1. The lowest BCUT2D eigenvalue weighted by Crippen LogP contribution is -2.07. The summed E-state index contributed by atoms with van der Waals surface area (Å²) in [7, 11) is 0. The minimum absolute atomic E-state index is 0.0265. The van der Waals surface area contributed by atoms with E-state index in [0.29, 0.717) is 18.9 Å². The molecule has 0 atom stereocenters. The molecule has 0 spiro atoms. The number of carboxylic acid groups (broad SMARTS) is 1. The number of aliphatic carboxylic acids is 1. The molecule has 0 radical (unpaired) electrons. The monoisotopic (exact) mass is 274 g/mol. The predicted molar refractivity (Wildman–Crippen MR) is 63.0 cm³/mol. The molecule has 0 aliphatic heterocycles. The minimum atomic E-state index is -1.25. The second-order valence-corrected chi connectivity index (χ2v) is 3.82. The van der Waals surface area contributed by atoms with E-state index in [2.05, 4.69) is 5.32 Å². The third-order valence-corrected chi connectivity index (χ3v) is 2.34. The number of unbranched alkanes of at least 4 members (excludes halogenated alkanes) is 1. The van der Waals surface area contributed by atoms with Gasteiger partial charge in [-0.2, -0.15) is 4.39 Å². The molecule has 0 amide bonds. The van der Waals surface area contributed by atoms with E-state index in [1.165, 1.54) is 0 Å². The summed E-state index contributed by atoms with van der Waals surface area (Å²) in [6.07, 6.45) is 0.761. The highest BCUT2D eigenvalue weighted by Crippen LogP contribution is 2.28.